The molecule has 0 atom stereocenters. The molecule has 7 heteroatoms. The van der Waals surface area contributed by atoms with Gasteiger partial charge in [0, 0.05) is 19.6 Å². The molecule has 3 rings (SSSR count). The van der Waals surface area contributed by atoms with E-state index in [-0.39, 0.29) is 36.4 Å². The number of amides is 1. The van der Waals surface area contributed by atoms with Crippen LogP contribution in [0.4, 0.5) is 0 Å². The second-order valence-electron chi connectivity index (χ2n) is 7.05. The first-order chi connectivity index (χ1) is 14.2. The van der Waals surface area contributed by atoms with Crippen LogP contribution in [0.25, 0.3) is 0 Å². The van der Waals surface area contributed by atoms with E-state index in [9.17, 15) is 4.79 Å². The quantitative estimate of drug-likeness (QED) is 0.316. The Morgan fingerprint density at radius 2 is 1.70 bits per heavy atom. The lowest BCUT2D eigenvalue weighted by Crippen LogP contribution is -2.44. The minimum atomic E-state index is 0. The van der Waals surface area contributed by atoms with E-state index >= 15 is 0 Å². The molecule has 0 spiro atoms. The van der Waals surface area contributed by atoms with E-state index < -0.39 is 0 Å². The fourth-order valence-electron chi connectivity index (χ4n) is 3.18. The van der Waals surface area contributed by atoms with Gasteiger partial charge < -0.3 is 20.3 Å². The molecule has 0 saturated carbocycles. The van der Waals surface area contributed by atoms with Gasteiger partial charge in [-0.1, -0.05) is 42.5 Å². The summed E-state index contributed by atoms with van der Waals surface area (Å²) in [6.45, 7) is 5.86. The molecule has 0 unspecified atom stereocenters. The maximum absolute atomic E-state index is 12.2. The van der Waals surface area contributed by atoms with Crippen molar-refractivity contribution in [1.82, 2.24) is 15.5 Å². The van der Waals surface area contributed by atoms with E-state index in [4.69, 9.17) is 4.74 Å². The zero-order chi connectivity index (χ0) is 20.3. The Bertz CT molecular complexity index is 791. The molecule has 0 aromatic heterocycles. The van der Waals surface area contributed by atoms with Crippen LogP contribution in [0.2, 0.25) is 0 Å². The first-order valence-corrected chi connectivity index (χ1v) is 10.3. The summed E-state index contributed by atoms with van der Waals surface area (Å²) in [6, 6.07) is 18.1. The number of carbonyl (C=O) groups excluding carboxylic acids is 1. The molecule has 162 valence electrons. The molecule has 0 bridgehead atoms. The normalized spacial score (nSPS) is 13.5. The van der Waals surface area contributed by atoms with Crippen LogP contribution >= 0.6 is 24.0 Å². The summed E-state index contributed by atoms with van der Waals surface area (Å²) in [5.41, 5.74) is 2.23. The van der Waals surface area contributed by atoms with E-state index in [1.807, 2.05) is 66.4 Å². The van der Waals surface area contributed by atoms with Gasteiger partial charge in [0.1, 0.15) is 12.4 Å². The predicted molar refractivity (Wildman–Crippen MR) is 131 cm³/mol. The van der Waals surface area contributed by atoms with Gasteiger partial charge in [-0.25, -0.2) is 4.99 Å². The highest BCUT2D eigenvalue weighted by atomic mass is 127. The van der Waals surface area contributed by atoms with E-state index in [2.05, 4.69) is 15.6 Å². The second kappa shape index (κ2) is 13.1. The topological polar surface area (TPSA) is 66.0 Å². The molecule has 0 aliphatic carbocycles. The van der Waals surface area contributed by atoms with Crippen LogP contribution in [-0.2, 0) is 17.9 Å². The zero-order valence-corrected chi connectivity index (χ0v) is 19.8. The number of likely N-dealkylation sites (tertiary alicyclic amines) is 1. The van der Waals surface area contributed by atoms with Crippen LogP contribution in [0.5, 0.6) is 5.75 Å². The lowest BCUT2D eigenvalue weighted by Gasteiger charge is -2.17. The fraction of sp³-hybridized carbons (Fsp3) is 0.391. The number of halogens is 1. The minimum absolute atomic E-state index is 0. The number of ether oxygens (including phenoxy) is 1. The zero-order valence-electron chi connectivity index (χ0n) is 17.5. The molecule has 1 amide bonds. The maximum atomic E-state index is 12.2. The summed E-state index contributed by atoms with van der Waals surface area (Å²) in [5.74, 6) is 1.63. The SMILES string of the molecule is CCNC(=NCc1ccc(OCc2ccccc2)cc1)NCC(=O)N1CCCC1.I. The molecular weight excluding hydrogens is 491 g/mol. The number of nitrogens with zero attached hydrogens (tertiary/aromatic N) is 2. The third kappa shape index (κ3) is 7.85. The number of rotatable bonds is 8. The van der Waals surface area contributed by atoms with Gasteiger partial charge in [0.25, 0.3) is 0 Å². The van der Waals surface area contributed by atoms with Crippen molar-refractivity contribution >= 4 is 35.8 Å². The average molecular weight is 522 g/mol. The van der Waals surface area contributed by atoms with Gasteiger partial charge in [0.2, 0.25) is 5.91 Å². The summed E-state index contributed by atoms with van der Waals surface area (Å²) in [4.78, 5) is 18.7. The summed E-state index contributed by atoms with van der Waals surface area (Å²) in [6.07, 6.45) is 2.20. The third-order valence-electron chi connectivity index (χ3n) is 4.80. The maximum Gasteiger partial charge on any atom is 0.241 e. The first-order valence-electron chi connectivity index (χ1n) is 10.3. The van der Waals surface area contributed by atoms with Gasteiger partial charge in [-0.05, 0) is 43.0 Å². The lowest BCUT2D eigenvalue weighted by atomic mass is 10.2. The van der Waals surface area contributed by atoms with E-state index in [0.29, 0.717) is 19.1 Å². The molecule has 30 heavy (non-hydrogen) atoms. The van der Waals surface area contributed by atoms with Gasteiger partial charge in [-0.3, -0.25) is 4.79 Å². The summed E-state index contributed by atoms with van der Waals surface area (Å²) < 4.78 is 5.82. The van der Waals surface area contributed by atoms with Crippen LogP contribution in [-0.4, -0.2) is 42.9 Å². The van der Waals surface area contributed by atoms with Crippen LogP contribution in [0, 0.1) is 0 Å². The second-order valence-corrected chi connectivity index (χ2v) is 7.05. The van der Waals surface area contributed by atoms with Crippen LogP contribution in [0.1, 0.15) is 30.9 Å². The van der Waals surface area contributed by atoms with Gasteiger partial charge in [-0.15, -0.1) is 24.0 Å². The van der Waals surface area contributed by atoms with Crippen molar-refractivity contribution in [2.24, 2.45) is 4.99 Å². The Morgan fingerprint density at radius 1 is 1.00 bits per heavy atom. The Morgan fingerprint density at radius 3 is 2.37 bits per heavy atom. The predicted octanol–water partition coefficient (Wildman–Crippen LogP) is 3.56. The van der Waals surface area contributed by atoms with E-state index in [1.165, 1.54) is 0 Å². The molecule has 2 aromatic carbocycles. The van der Waals surface area contributed by atoms with Crippen LogP contribution in [0.15, 0.2) is 59.6 Å². The molecule has 2 aromatic rings. The molecule has 6 nitrogen and oxygen atoms in total. The molecule has 1 aliphatic heterocycles. The highest BCUT2D eigenvalue weighted by Crippen LogP contribution is 2.15. The highest BCUT2D eigenvalue weighted by Gasteiger charge is 2.17. The summed E-state index contributed by atoms with van der Waals surface area (Å²) in [7, 11) is 0. The third-order valence-corrected chi connectivity index (χ3v) is 4.80. The van der Waals surface area contributed by atoms with Gasteiger partial charge in [0.05, 0.1) is 13.1 Å². The number of aliphatic imine (C=N–C) groups is 1. The smallest absolute Gasteiger partial charge is 0.241 e. The minimum Gasteiger partial charge on any atom is -0.489 e. The number of benzene rings is 2. The Hall–Kier alpha value is -2.29. The van der Waals surface area contributed by atoms with Crippen molar-refractivity contribution in [3.63, 3.8) is 0 Å². The first kappa shape index (κ1) is 24.0. The number of hydrogen-bond acceptors (Lipinski definition) is 3. The average Bonchev–Trinajstić information content (AvgIpc) is 3.30. The number of hydrogen-bond donors (Lipinski definition) is 2. The molecule has 1 heterocycles. The molecule has 2 N–H and O–H groups in total. The summed E-state index contributed by atoms with van der Waals surface area (Å²) in [5, 5.41) is 6.33. The largest absolute Gasteiger partial charge is 0.489 e. The monoisotopic (exact) mass is 522 g/mol. The molecule has 1 saturated heterocycles. The molecule has 1 aliphatic rings. The van der Waals surface area contributed by atoms with Crippen molar-refractivity contribution in [2.75, 3.05) is 26.2 Å². The molecular formula is C23H31IN4O2. The van der Waals surface area contributed by atoms with Crippen molar-refractivity contribution < 1.29 is 9.53 Å². The Labute approximate surface area is 196 Å². The molecule has 0 radical (unpaired) electrons. The van der Waals surface area contributed by atoms with Crippen molar-refractivity contribution in [3.8, 4) is 5.75 Å². The molecule has 1 fully saturated rings. The Kier molecular flexibility index (Phi) is 10.5. The van der Waals surface area contributed by atoms with Gasteiger partial charge in [0.15, 0.2) is 5.96 Å². The number of carbonyl (C=O) groups is 1. The van der Waals surface area contributed by atoms with E-state index in [0.717, 1.165) is 49.4 Å². The van der Waals surface area contributed by atoms with Crippen LogP contribution < -0.4 is 15.4 Å². The van der Waals surface area contributed by atoms with E-state index in [1.54, 1.807) is 0 Å². The highest BCUT2D eigenvalue weighted by molar-refractivity contribution is 14.0. The number of nitrogens with one attached hydrogen (secondary N) is 2. The lowest BCUT2D eigenvalue weighted by molar-refractivity contribution is -0.128. The van der Waals surface area contributed by atoms with Gasteiger partial charge >= 0.3 is 0 Å². The van der Waals surface area contributed by atoms with Gasteiger partial charge in [-0.2, -0.15) is 0 Å². The standard InChI is InChI=1S/C23H30N4O2.HI/c1-2-24-23(26-17-22(28)27-14-6-7-15-27)25-16-19-10-12-21(13-11-19)29-18-20-8-4-3-5-9-20;/h3-5,8-13H,2,6-7,14-18H2,1H3,(H2,24,25,26);1H. The summed E-state index contributed by atoms with van der Waals surface area (Å²) >= 11 is 0. The number of guanidine groups is 1. The Balaban J connectivity index is 0.00000320. The van der Waals surface area contributed by atoms with Crippen molar-refractivity contribution in [2.45, 2.75) is 32.9 Å². The van der Waals surface area contributed by atoms with Crippen molar-refractivity contribution in [3.05, 3.63) is 65.7 Å². The fourth-order valence-corrected chi connectivity index (χ4v) is 3.18. The van der Waals surface area contributed by atoms with Crippen molar-refractivity contribution in [1.29, 1.82) is 0 Å². The van der Waals surface area contributed by atoms with Crippen LogP contribution in [0.3, 0.4) is 0 Å².